The van der Waals surface area contributed by atoms with Crippen LogP contribution in [0.5, 0.6) is 0 Å². The number of carbonyl (C=O) groups is 1. The summed E-state index contributed by atoms with van der Waals surface area (Å²) < 4.78 is 1.44. The molecule has 2 heterocycles. The number of nitrogens with one attached hydrogen (secondary N) is 1. The summed E-state index contributed by atoms with van der Waals surface area (Å²) in [5.41, 5.74) is 1.38. The molecule has 24 heavy (non-hydrogen) atoms. The molecule has 2 aromatic rings. The molecule has 1 aliphatic heterocycles. The molecule has 6 heteroatoms. The van der Waals surface area contributed by atoms with Gasteiger partial charge in [0, 0.05) is 55.2 Å². The summed E-state index contributed by atoms with van der Waals surface area (Å²) in [6.45, 7) is 2.48. The molecule has 0 spiro atoms. The second-order valence-corrected chi connectivity index (χ2v) is 6.59. The Morgan fingerprint density at radius 2 is 2.04 bits per heavy atom. The number of nitrogens with zero attached hydrogens (tertiary/aromatic N) is 2. The summed E-state index contributed by atoms with van der Waals surface area (Å²) in [6.07, 6.45) is 2.63. The Morgan fingerprint density at radius 1 is 1.29 bits per heavy atom. The van der Waals surface area contributed by atoms with Gasteiger partial charge in [0.1, 0.15) is 0 Å². The lowest BCUT2D eigenvalue weighted by atomic mass is 10.1. The normalized spacial score (nSPS) is 17.1. The van der Waals surface area contributed by atoms with E-state index >= 15 is 0 Å². The average Bonchev–Trinajstić information content (AvgIpc) is 3.05. The van der Waals surface area contributed by atoms with Crippen molar-refractivity contribution in [3.05, 3.63) is 63.5 Å². The van der Waals surface area contributed by atoms with E-state index < -0.39 is 0 Å². The van der Waals surface area contributed by atoms with Crippen LogP contribution in [0.2, 0.25) is 5.02 Å². The van der Waals surface area contributed by atoms with Crippen molar-refractivity contribution in [3.8, 4) is 0 Å². The summed E-state index contributed by atoms with van der Waals surface area (Å²) >= 11 is 5.92. The number of carbonyl (C=O) groups excluding carboxylic acids is 1. The first kappa shape index (κ1) is 16.6. The van der Waals surface area contributed by atoms with Gasteiger partial charge in [-0.05, 0) is 42.7 Å². The fourth-order valence-electron chi connectivity index (χ4n) is 2.91. The second-order valence-electron chi connectivity index (χ2n) is 6.15. The summed E-state index contributed by atoms with van der Waals surface area (Å²) in [6, 6.07) is 10.8. The molecule has 0 aliphatic carbocycles. The maximum Gasteiger partial charge on any atom is 0.251 e. The molecule has 1 aromatic carbocycles. The third-order valence-electron chi connectivity index (χ3n) is 4.40. The number of pyridine rings is 1. The lowest BCUT2D eigenvalue weighted by Crippen LogP contribution is -2.32. The fourth-order valence-corrected chi connectivity index (χ4v) is 3.04. The molecule has 1 fully saturated rings. The van der Waals surface area contributed by atoms with Gasteiger partial charge in [-0.3, -0.25) is 9.59 Å². The molecule has 0 unspecified atom stereocenters. The van der Waals surface area contributed by atoms with Gasteiger partial charge in [-0.2, -0.15) is 0 Å². The van der Waals surface area contributed by atoms with Crippen molar-refractivity contribution in [1.82, 2.24) is 9.88 Å². The van der Waals surface area contributed by atoms with Crippen molar-refractivity contribution in [3.63, 3.8) is 0 Å². The van der Waals surface area contributed by atoms with Crippen LogP contribution in [-0.4, -0.2) is 30.1 Å². The smallest absolute Gasteiger partial charge is 0.251 e. The van der Waals surface area contributed by atoms with E-state index in [1.807, 2.05) is 24.3 Å². The molecule has 5 nitrogen and oxygen atoms in total. The number of anilines is 1. The van der Waals surface area contributed by atoms with Crippen LogP contribution in [0.15, 0.2) is 47.4 Å². The lowest BCUT2D eigenvalue weighted by Gasteiger charge is -2.19. The van der Waals surface area contributed by atoms with Gasteiger partial charge in [0.25, 0.3) is 11.5 Å². The summed E-state index contributed by atoms with van der Waals surface area (Å²) in [4.78, 5) is 26.1. The number of amides is 1. The Bertz CT molecular complexity index is 786. The number of halogens is 1. The molecule has 1 saturated heterocycles. The topological polar surface area (TPSA) is 54.3 Å². The zero-order valence-corrected chi connectivity index (χ0v) is 14.3. The maximum atomic E-state index is 12.2. The van der Waals surface area contributed by atoms with Crippen LogP contribution in [0.25, 0.3) is 0 Å². The zero-order valence-electron chi connectivity index (χ0n) is 13.5. The Hall–Kier alpha value is -2.27. The molecule has 3 rings (SSSR count). The van der Waals surface area contributed by atoms with Crippen LogP contribution in [0, 0.1) is 5.92 Å². The highest BCUT2D eigenvalue weighted by Crippen LogP contribution is 2.24. The van der Waals surface area contributed by atoms with Gasteiger partial charge in [-0.1, -0.05) is 11.6 Å². The van der Waals surface area contributed by atoms with Crippen molar-refractivity contribution in [2.45, 2.75) is 6.42 Å². The van der Waals surface area contributed by atoms with Crippen LogP contribution in [-0.2, 0) is 7.05 Å². The third kappa shape index (κ3) is 3.79. The van der Waals surface area contributed by atoms with Crippen LogP contribution in [0.1, 0.15) is 16.8 Å². The summed E-state index contributed by atoms with van der Waals surface area (Å²) in [7, 11) is 1.66. The number of aromatic nitrogens is 1. The number of benzene rings is 1. The molecule has 1 aromatic heterocycles. The van der Waals surface area contributed by atoms with Gasteiger partial charge >= 0.3 is 0 Å². The molecule has 0 radical (unpaired) electrons. The molecule has 0 saturated carbocycles. The molecule has 0 bridgehead atoms. The lowest BCUT2D eigenvalue weighted by molar-refractivity contribution is 0.0948. The van der Waals surface area contributed by atoms with Gasteiger partial charge in [0.2, 0.25) is 0 Å². The Labute approximate surface area is 145 Å². The van der Waals surface area contributed by atoms with Crippen molar-refractivity contribution >= 4 is 23.2 Å². The molecule has 1 aliphatic rings. The van der Waals surface area contributed by atoms with Crippen molar-refractivity contribution < 1.29 is 4.79 Å². The largest absolute Gasteiger partial charge is 0.371 e. The summed E-state index contributed by atoms with van der Waals surface area (Å²) in [5.74, 6) is 0.203. The van der Waals surface area contributed by atoms with Gasteiger partial charge < -0.3 is 14.8 Å². The summed E-state index contributed by atoms with van der Waals surface area (Å²) in [5, 5.41) is 3.67. The van der Waals surface area contributed by atoms with E-state index in [0.717, 1.165) is 30.2 Å². The predicted molar refractivity (Wildman–Crippen MR) is 95.8 cm³/mol. The van der Waals surface area contributed by atoms with E-state index in [9.17, 15) is 9.59 Å². The van der Waals surface area contributed by atoms with Crippen LogP contribution < -0.4 is 15.8 Å². The predicted octanol–water partition coefficient (Wildman–Crippen LogP) is 2.30. The molecular formula is C18H20ClN3O2. The minimum Gasteiger partial charge on any atom is -0.371 e. The van der Waals surface area contributed by atoms with E-state index in [2.05, 4.69) is 10.2 Å². The van der Waals surface area contributed by atoms with Gasteiger partial charge in [0.15, 0.2) is 0 Å². The van der Waals surface area contributed by atoms with E-state index in [-0.39, 0.29) is 11.5 Å². The van der Waals surface area contributed by atoms with E-state index in [0.29, 0.717) is 18.0 Å². The van der Waals surface area contributed by atoms with Gasteiger partial charge in [0.05, 0.1) is 0 Å². The average molecular weight is 346 g/mol. The van der Waals surface area contributed by atoms with Gasteiger partial charge in [-0.25, -0.2) is 0 Å². The molecular weight excluding hydrogens is 326 g/mol. The molecule has 1 N–H and O–H groups in total. The first-order chi connectivity index (χ1) is 11.5. The van der Waals surface area contributed by atoms with Crippen molar-refractivity contribution in [1.29, 1.82) is 0 Å². The maximum absolute atomic E-state index is 12.2. The molecule has 1 atom stereocenters. The quantitative estimate of drug-likeness (QED) is 0.925. The minimum absolute atomic E-state index is 0.183. The van der Waals surface area contributed by atoms with Crippen LogP contribution in [0.4, 0.5) is 5.69 Å². The highest BCUT2D eigenvalue weighted by atomic mass is 35.5. The van der Waals surface area contributed by atoms with Crippen molar-refractivity contribution in [2.75, 3.05) is 24.5 Å². The SMILES string of the molecule is Cn1ccc(C(=O)NC[C@@H]2CCN(c3ccc(Cl)cc3)C2)cc1=O. The first-order valence-electron chi connectivity index (χ1n) is 7.98. The highest BCUT2D eigenvalue weighted by Gasteiger charge is 2.23. The standard InChI is InChI=1S/C18H20ClN3O2/c1-21-8-7-14(10-17(21)23)18(24)20-11-13-6-9-22(12-13)16-4-2-15(19)3-5-16/h2-5,7-8,10,13H,6,9,11-12H2,1H3,(H,20,24)/t13-/m0/s1. The van der Waals surface area contributed by atoms with E-state index in [4.69, 9.17) is 11.6 Å². The number of hydrogen-bond donors (Lipinski definition) is 1. The molecule has 126 valence electrons. The number of hydrogen-bond acceptors (Lipinski definition) is 3. The fraction of sp³-hybridized carbons (Fsp3) is 0.333. The van der Waals surface area contributed by atoms with Crippen LogP contribution >= 0.6 is 11.6 Å². The zero-order chi connectivity index (χ0) is 17.1. The Balaban J connectivity index is 1.54. The Kier molecular flexibility index (Phi) is 4.90. The number of aryl methyl sites for hydroxylation is 1. The third-order valence-corrected chi connectivity index (χ3v) is 4.65. The van der Waals surface area contributed by atoms with Crippen LogP contribution in [0.3, 0.4) is 0 Å². The molecule has 1 amide bonds. The monoisotopic (exact) mass is 345 g/mol. The number of rotatable bonds is 4. The van der Waals surface area contributed by atoms with Gasteiger partial charge in [-0.15, -0.1) is 0 Å². The second kappa shape index (κ2) is 7.09. The van der Waals surface area contributed by atoms with E-state index in [1.165, 1.54) is 10.6 Å². The highest BCUT2D eigenvalue weighted by molar-refractivity contribution is 6.30. The van der Waals surface area contributed by atoms with E-state index in [1.54, 1.807) is 19.3 Å². The first-order valence-corrected chi connectivity index (χ1v) is 8.36. The minimum atomic E-state index is -0.197. The Morgan fingerprint density at radius 3 is 2.75 bits per heavy atom. The van der Waals surface area contributed by atoms with Crippen molar-refractivity contribution in [2.24, 2.45) is 13.0 Å².